The van der Waals surface area contributed by atoms with E-state index in [2.05, 4.69) is 72.7 Å². The average molecular weight is 620 g/mol. The number of benzene rings is 2. The molecule has 0 aliphatic rings. The summed E-state index contributed by atoms with van der Waals surface area (Å²) >= 11 is 0. The van der Waals surface area contributed by atoms with Crippen LogP contribution in [-0.2, 0) is 42.1 Å². The van der Waals surface area contributed by atoms with E-state index in [1.165, 1.54) is 38.9 Å². The molecule has 0 unspecified atom stereocenters. The SMILES string of the molecule is Cc1[c-]c(C)c(C)cc1C.Cc1c[c-]c(C)c(C)c1.[W].[W]. The van der Waals surface area contributed by atoms with Crippen molar-refractivity contribution in [3.63, 3.8) is 0 Å². The van der Waals surface area contributed by atoms with Crippen LogP contribution < -0.4 is 0 Å². The monoisotopic (exact) mass is 620 g/mol. The third-order valence-electron chi connectivity index (χ3n) is 3.54. The van der Waals surface area contributed by atoms with Gasteiger partial charge in [0.25, 0.3) is 0 Å². The van der Waals surface area contributed by atoms with Crippen LogP contribution in [0.25, 0.3) is 0 Å². The summed E-state index contributed by atoms with van der Waals surface area (Å²) in [6.07, 6.45) is 0. The van der Waals surface area contributed by atoms with E-state index in [4.69, 9.17) is 0 Å². The molecular weight excluding hydrogens is 596 g/mol. The van der Waals surface area contributed by atoms with Crippen LogP contribution in [0.1, 0.15) is 38.9 Å². The molecule has 0 saturated heterocycles. The molecule has 0 nitrogen and oxygen atoms in total. The molecule has 21 heavy (non-hydrogen) atoms. The van der Waals surface area contributed by atoms with Crippen LogP contribution in [0.3, 0.4) is 0 Å². The first-order valence-corrected chi connectivity index (χ1v) is 6.73. The average Bonchev–Trinajstić information content (AvgIpc) is 2.33. The van der Waals surface area contributed by atoms with Crippen LogP contribution in [0.15, 0.2) is 18.2 Å². The van der Waals surface area contributed by atoms with Crippen LogP contribution in [0.5, 0.6) is 0 Å². The maximum atomic E-state index is 3.31. The molecule has 0 saturated carbocycles. The van der Waals surface area contributed by atoms with Gasteiger partial charge in [-0.25, -0.2) is 0 Å². The summed E-state index contributed by atoms with van der Waals surface area (Å²) in [5, 5.41) is 0. The molecule has 0 spiro atoms. The Balaban J connectivity index is 0. The maximum absolute atomic E-state index is 3.31. The summed E-state index contributed by atoms with van der Waals surface area (Å²) < 4.78 is 0. The van der Waals surface area contributed by atoms with Crippen molar-refractivity contribution in [2.75, 3.05) is 0 Å². The third-order valence-corrected chi connectivity index (χ3v) is 3.54. The second kappa shape index (κ2) is 10.5. The van der Waals surface area contributed by atoms with Gasteiger partial charge < -0.3 is 0 Å². The summed E-state index contributed by atoms with van der Waals surface area (Å²) in [5.74, 6) is 0. The zero-order valence-corrected chi connectivity index (χ0v) is 19.9. The zero-order chi connectivity index (χ0) is 14.6. The maximum Gasteiger partial charge on any atom is 0 e. The van der Waals surface area contributed by atoms with Gasteiger partial charge in [-0.1, -0.05) is 48.5 Å². The van der Waals surface area contributed by atoms with E-state index in [9.17, 15) is 0 Å². The van der Waals surface area contributed by atoms with Crippen molar-refractivity contribution in [1.29, 1.82) is 0 Å². The molecule has 2 aromatic carbocycles. The molecule has 2 rings (SSSR count). The van der Waals surface area contributed by atoms with E-state index >= 15 is 0 Å². The smallest absolute Gasteiger partial charge is 0 e. The summed E-state index contributed by atoms with van der Waals surface area (Å²) in [6.45, 7) is 14.7. The summed E-state index contributed by atoms with van der Waals surface area (Å²) in [4.78, 5) is 0. The molecule has 0 radical (unpaired) electrons. The summed E-state index contributed by atoms with van der Waals surface area (Å²) in [5.41, 5.74) is 9.08. The van der Waals surface area contributed by atoms with Gasteiger partial charge in [-0.05, 0) is 0 Å². The van der Waals surface area contributed by atoms with Crippen molar-refractivity contribution in [1.82, 2.24) is 0 Å². The topological polar surface area (TPSA) is 0 Å². The Morgan fingerprint density at radius 1 is 0.619 bits per heavy atom. The zero-order valence-electron chi connectivity index (χ0n) is 14.0. The fourth-order valence-corrected chi connectivity index (χ4v) is 1.85. The number of rotatable bonds is 0. The summed E-state index contributed by atoms with van der Waals surface area (Å²) in [7, 11) is 0. The fraction of sp³-hybridized carbons (Fsp3) is 0.368. The molecule has 0 aromatic heterocycles. The molecule has 2 heteroatoms. The largest absolute Gasteiger partial charge is 0.180 e. The normalized spacial score (nSPS) is 8.90. The molecule has 0 aliphatic carbocycles. The molecular formula is C19H24W2-2. The fourth-order valence-electron chi connectivity index (χ4n) is 1.85. The Labute approximate surface area is 159 Å². The Kier molecular flexibility index (Phi) is 11.6. The van der Waals surface area contributed by atoms with Gasteiger partial charge in [0.05, 0.1) is 0 Å². The first-order chi connectivity index (χ1) is 8.81. The first-order valence-electron chi connectivity index (χ1n) is 6.73. The van der Waals surface area contributed by atoms with Gasteiger partial charge in [-0.3, -0.25) is 0 Å². The van der Waals surface area contributed by atoms with E-state index in [-0.39, 0.29) is 42.1 Å². The predicted octanol–water partition coefficient (Wildman–Crippen LogP) is 5.13. The molecule has 0 aliphatic heterocycles. The van der Waals surface area contributed by atoms with Crippen LogP contribution >= 0.6 is 0 Å². The van der Waals surface area contributed by atoms with Crippen molar-refractivity contribution in [3.8, 4) is 0 Å². The predicted molar refractivity (Wildman–Crippen MR) is 83.7 cm³/mol. The Bertz CT molecular complexity index is 522. The molecule has 0 amide bonds. The van der Waals surface area contributed by atoms with Gasteiger partial charge in [0, 0.05) is 42.1 Å². The second-order valence-corrected chi connectivity index (χ2v) is 5.37. The molecule has 0 fully saturated rings. The van der Waals surface area contributed by atoms with Crippen molar-refractivity contribution < 1.29 is 42.1 Å². The van der Waals surface area contributed by atoms with Crippen LogP contribution in [0, 0.1) is 60.6 Å². The van der Waals surface area contributed by atoms with Crippen LogP contribution in [0.2, 0.25) is 0 Å². The molecule has 0 bridgehead atoms. The number of aryl methyl sites for hydroxylation is 7. The van der Waals surface area contributed by atoms with E-state index in [1.807, 2.05) is 6.07 Å². The Morgan fingerprint density at radius 2 is 1.05 bits per heavy atom. The van der Waals surface area contributed by atoms with Gasteiger partial charge in [-0.15, -0.1) is 0 Å². The molecule has 0 N–H and O–H groups in total. The minimum Gasteiger partial charge on any atom is -0.180 e. The van der Waals surface area contributed by atoms with Crippen LogP contribution in [-0.4, -0.2) is 0 Å². The van der Waals surface area contributed by atoms with Crippen LogP contribution in [0.4, 0.5) is 0 Å². The number of hydrogen-bond donors (Lipinski definition) is 0. The van der Waals surface area contributed by atoms with Crippen molar-refractivity contribution in [2.45, 2.75) is 48.5 Å². The molecule has 2 aromatic rings. The quantitative estimate of drug-likeness (QED) is 0.359. The Morgan fingerprint density at radius 3 is 1.38 bits per heavy atom. The molecule has 114 valence electrons. The minimum absolute atomic E-state index is 0. The van der Waals surface area contributed by atoms with Gasteiger partial charge in [0.2, 0.25) is 0 Å². The molecule has 0 heterocycles. The molecule has 0 atom stereocenters. The first kappa shape index (κ1) is 23.1. The van der Waals surface area contributed by atoms with Crippen molar-refractivity contribution >= 4 is 0 Å². The third kappa shape index (κ3) is 7.58. The summed E-state index contributed by atoms with van der Waals surface area (Å²) in [6, 6.07) is 12.9. The van der Waals surface area contributed by atoms with E-state index < -0.39 is 0 Å². The van der Waals surface area contributed by atoms with E-state index in [0.717, 1.165) is 0 Å². The van der Waals surface area contributed by atoms with E-state index in [0.29, 0.717) is 0 Å². The van der Waals surface area contributed by atoms with E-state index in [1.54, 1.807) is 0 Å². The van der Waals surface area contributed by atoms with Crippen molar-refractivity contribution in [2.24, 2.45) is 0 Å². The van der Waals surface area contributed by atoms with Gasteiger partial charge >= 0.3 is 0 Å². The second-order valence-electron chi connectivity index (χ2n) is 5.37. The Hall–Kier alpha value is -0.183. The van der Waals surface area contributed by atoms with Gasteiger partial charge in [0.1, 0.15) is 0 Å². The standard InChI is InChI=1S/C10H13.C9H11.2W/c1-7-5-9(3)10(4)6-8(7)2;1-7-4-5-8(2)9(3)6-7;;/h5H,1-4H3;4,6H,1-3H3;;/q2*-1;;. The van der Waals surface area contributed by atoms with Crippen molar-refractivity contribution in [3.05, 3.63) is 69.3 Å². The van der Waals surface area contributed by atoms with Gasteiger partial charge in [0.15, 0.2) is 0 Å². The van der Waals surface area contributed by atoms with Gasteiger partial charge in [-0.2, -0.15) is 69.3 Å². The minimum atomic E-state index is 0. The number of hydrogen-bond acceptors (Lipinski definition) is 0.